The fraction of sp³-hybridized carbons (Fsp3) is 0.412. The summed E-state index contributed by atoms with van der Waals surface area (Å²) in [4.78, 5) is 8.94. The van der Waals surface area contributed by atoms with Gasteiger partial charge in [-0.25, -0.2) is 13.8 Å². The first-order chi connectivity index (χ1) is 11.0. The summed E-state index contributed by atoms with van der Waals surface area (Å²) in [6, 6.07) is 5.52. The van der Waals surface area contributed by atoms with Crippen molar-refractivity contribution in [2.24, 2.45) is 0 Å². The molecule has 1 heterocycles. The van der Waals surface area contributed by atoms with Crippen molar-refractivity contribution in [3.8, 4) is 0 Å². The number of hydrogen-bond acceptors (Lipinski definition) is 4. The number of aromatic nitrogens is 2. The van der Waals surface area contributed by atoms with E-state index in [4.69, 9.17) is 0 Å². The second-order valence-electron chi connectivity index (χ2n) is 5.98. The van der Waals surface area contributed by atoms with E-state index in [1.807, 2.05) is 6.07 Å². The van der Waals surface area contributed by atoms with Crippen molar-refractivity contribution in [2.75, 3.05) is 10.6 Å². The Morgan fingerprint density at radius 1 is 1.22 bits per heavy atom. The highest BCUT2D eigenvalue weighted by Crippen LogP contribution is 2.40. The SMILES string of the molecule is CC[C@@H](C)Nc1nc(Nc2ccc(F)cc2F)cc(C2CC2)n1. The van der Waals surface area contributed by atoms with Crippen molar-refractivity contribution < 1.29 is 8.78 Å². The normalized spacial score (nSPS) is 15.3. The lowest BCUT2D eigenvalue weighted by molar-refractivity contribution is 0.586. The summed E-state index contributed by atoms with van der Waals surface area (Å²) in [5.74, 6) is 0.252. The minimum atomic E-state index is -0.645. The average molecular weight is 318 g/mol. The van der Waals surface area contributed by atoms with Crippen LogP contribution >= 0.6 is 0 Å². The lowest BCUT2D eigenvalue weighted by atomic mass is 10.2. The Morgan fingerprint density at radius 2 is 2.00 bits per heavy atom. The van der Waals surface area contributed by atoms with Gasteiger partial charge in [0.15, 0.2) is 0 Å². The smallest absolute Gasteiger partial charge is 0.225 e. The first-order valence-corrected chi connectivity index (χ1v) is 7.92. The van der Waals surface area contributed by atoms with E-state index >= 15 is 0 Å². The predicted octanol–water partition coefficient (Wildman–Crippen LogP) is 4.59. The topological polar surface area (TPSA) is 49.8 Å². The standard InChI is InChI=1S/C17H20F2N4/c1-3-10(2)20-17-22-15(11-4-5-11)9-16(23-17)21-14-7-6-12(18)8-13(14)19/h6-11H,3-5H2,1-2H3,(H2,20,21,22,23)/t10-/m1/s1. The van der Waals surface area contributed by atoms with Crippen LogP contribution in [0, 0.1) is 11.6 Å². The Balaban J connectivity index is 1.87. The van der Waals surface area contributed by atoms with E-state index in [1.54, 1.807) is 0 Å². The molecule has 1 saturated carbocycles. The molecule has 6 heteroatoms. The third-order valence-electron chi connectivity index (χ3n) is 3.92. The molecule has 0 saturated heterocycles. The number of halogens is 2. The Hall–Kier alpha value is -2.24. The monoisotopic (exact) mass is 318 g/mol. The fourth-order valence-electron chi connectivity index (χ4n) is 2.23. The number of hydrogen-bond donors (Lipinski definition) is 2. The van der Waals surface area contributed by atoms with Crippen LogP contribution in [-0.2, 0) is 0 Å². The van der Waals surface area contributed by atoms with Gasteiger partial charge in [0, 0.05) is 24.1 Å². The zero-order valence-corrected chi connectivity index (χ0v) is 13.2. The van der Waals surface area contributed by atoms with Crippen molar-refractivity contribution in [1.82, 2.24) is 9.97 Å². The molecule has 2 N–H and O–H groups in total. The van der Waals surface area contributed by atoms with Gasteiger partial charge in [0.25, 0.3) is 0 Å². The minimum absolute atomic E-state index is 0.196. The van der Waals surface area contributed by atoms with Crippen molar-refractivity contribution in [3.05, 3.63) is 41.6 Å². The Bertz CT molecular complexity index is 701. The number of rotatable bonds is 6. The highest BCUT2D eigenvalue weighted by Gasteiger charge is 2.26. The molecule has 0 unspecified atom stereocenters. The summed E-state index contributed by atoms with van der Waals surface area (Å²) in [5.41, 5.74) is 1.15. The van der Waals surface area contributed by atoms with Crippen LogP contribution in [-0.4, -0.2) is 16.0 Å². The molecule has 0 radical (unpaired) electrons. The molecule has 1 aliphatic carbocycles. The number of benzene rings is 1. The average Bonchev–Trinajstić information content (AvgIpc) is 3.34. The Kier molecular flexibility index (Phi) is 4.41. The van der Waals surface area contributed by atoms with Crippen LogP contribution < -0.4 is 10.6 Å². The molecule has 1 fully saturated rings. The van der Waals surface area contributed by atoms with Crippen LogP contribution in [0.25, 0.3) is 0 Å². The summed E-state index contributed by atoms with van der Waals surface area (Å²) < 4.78 is 26.8. The second kappa shape index (κ2) is 6.48. The molecule has 0 amide bonds. The van der Waals surface area contributed by atoms with Gasteiger partial charge in [0.2, 0.25) is 5.95 Å². The van der Waals surface area contributed by atoms with Gasteiger partial charge in [-0.2, -0.15) is 4.98 Å². The highest BCUT2D eigenvalue weighted by molar-refractivity contribution is 5.58. The molecular formula is C17H20F2N4. The van der Waals surface area contributed by atoms with Crippen LogP contribution in [0.3, 0.4) is 0 Å². The van der Waals surface area contributed by atoms with Crippen molar-refractivity contribution in [3.63, 3.8) is 0 Å². The summed E-state index contributed by atoms with van der Waals surface area (Å²) in [7, 11) is 0. The predicted molar refractivity (Wildman–Crippen MR) is 87.0 cm³/mol. The van der Waals surface area contributed by atoms with Crippen LogP contribution in [0.4, 0.5) is 26.2 Å². The van der Waals surface area contributed by atoms with Crippen molar-refractivity contribution in [2.45, 2.75) is 45.1 Å². The molecule has 1 aromatic carbocycles. The fourth-order valence-corrected chi connectivity index (χ4v) is 2.23. The number of nitrogens with zero attached hydrogens (tertiary/aromatic N) is 2. The number of nitrogens with one attached hydrogen (secondary N) is 2. The van der Waals surface area contributed by atoms with E-state index in [9.17, 15) is 8.78 Å². The van der Waals surface area contributed by atoms with Gasteiger partial charge >= 0.3 is 0 Å². The minimum Gasteiger partial charge on any atom is -0.352 e. The van der Waals surface area contributed by atoms with Crippen molar-refractivity contribution in [1.29, 1.82) is 0 Å². The largest absolute Gasteiger partial charge is 0.352 e. The van der Waals surface area contributed by atoms with Crippen LogP contribution in [0.15, 0.2) is 24.3 Å². The molecule has 0 spiro atoms. The number of anilines is 3. The molecule has 0 bridgehead atoms. The van der Waals surface area contributed by atoms with Crippen LogP contribution in [0.2, 0.25) is 0 Å². The zero-order valence-electron chi connectivity index (χ0n) is 13.2. The molecule has 23 heavy (non-hydrogen) atoms. The van der Waals surface area contributed by atoms with E-state index in [0.29, 0.717) is 17.7 Å². The molecule has 1 atom stereocenters. The molecule has 1 aromatic heterocycles. The van der Waals surface area contributed by atoms with Crippen LogP contribution in [0.5, 0.6) is 0 Å². The molecule has 3 rings (SSSR count). The summed E-state index contributed by atoms with van der Waals surface area (Å²) in [6.45, 7) is 4.13. The van der Waals surface area contributed by atoms with Gasteiger partial charge in [-0.1, -0.05) is 6.92 Å². The molecule has 0 aliphatic heterocycles. The second-order valence-corrected chi connectivity index (χ2v) is 5.98. The summed E-state index contributed by atoms with van der Waals surface area (Å²) in [6.07, 6.45) is 3.18. The van der Waals surface area contributed by atoms with Gasteiger partial charge in [0.05, 0.1) is 11.4 Å². The maximum absolute atomic E-state index is 13.8. The van der Waals surface area contributed by atoms with E-state index < -0.39 is 11.6 Å². The lowest BCUT2D eigenvalue weighted by Crippen LogP contribution is -2.16. The molecular weight excluding hydrogens is 298 g/mol. The van der Waals surface area contributed by atoms with Gasteiger partial charge in [-0.3, -0.25) is 0 Å². The van der Waals surface area contributed by atoms with E-state index in [0.717, 1.165) is 31.0 Å². The van der Waals surface area contributed by atoms with E-state index in [2.05, 4.69) is 34.4 Å². The third kappa shape index (κ3) is 3.94. The first-order valence-electron chi connectivity index (χ1n) is 7.92. The van der Waals surface area contributed by atoms with Gasteiger partial charge in [-0.05, 0) is 38.3 Å². The van der Waals surface area contributed by atoms with Gasteiger partial charge < -0.3 is 10.6 Å². The third-order valence-corrected chi connectivity index (χ3v) is 3.92. The summed E-state index contributed by atoms with van der Waals surface area (Å²) in [5, 5.41) is 6.17. The molecule has 4 nitrogen and oxygen atoms in total. The van der Waals surface area contributed by atoms with Crippen molar-refractivity contribution >= 4 is 17.5 Å². The van der Waals surface area contributed by atoms with Gasteiger partial charge in [-0.15, -0.1) is 0 Å². The Labute approximate surface area is 134 Å². The first kappa shape index (κ1) is 15.6. The quantitative estimate of drug-likeness (QED) is 0.818. The molecule has 1 aliphatic rings. The maximum atomic E-state index is 13.8. The lowest BCUT2D eigenvalue weighted by Gasteiger charge is -2.14. The summed E-state index contributed by atoms with van der Waals surface area (Å²) >= 11 is 0. The zero-order chi connectivity index (χ0) is 16.4. The molecule has 2 aromatic rings. The highest BCUT2D eigenvalue weighted by atomic mass is 19.1. The Morgan fingerprint density at radius 3 is 2.65 bits per heavy atom. The molecule has 122 valence electrons. The van der Waals surface area contributed by atoms with E-state index in [-0.39, 0.29) is 11.7 Å². The van der Waals surface area contributed by atoms with Gasteiger partial charge in [0.1, 0.15) is 17.5 Å². The van der Waals surface area contributed by atoms with E-state index in [1.165, 1.54) is 12.1 Å². The van der Waals surface area contributed by atoms with Crippen LogP contribution in [0.1, 0.15) is 44.7 Å². The maximum Gasteiger partial charge on any atom is 0.225 e.